The summed E-state index contributed by atoms with van der Waals surface area (Å²) >= 11 is 0. The van der Waals surface area contributed by atoms with E-state index in [0.29, 0.717) is 24.8 Å². The maximum atomic E-state index is 12.8. The molecule has 0 saturated carbocycles. The number of amides is 2. The molecule has 1 aromatic rings. The monoisotopic (exact) mass is 409 g/mol. The van der Waals surface area contributed by atoms with Crippen LogP contribution in [0.2, 0.25) is 0 Å². The van der Waals surface area contributed by atoms with Gasteiger partial charge in [0.1, 0.15) is 0 Å². The summed E-state index contributed by atoms with van der Waals surface area (Å²) in [5.74, 6) is 0.705. The topological polar surface area (TPSA) is 75.9 Å². The molecule has 0 aliphatic carbocycles. The third kappa shape index (κ3) is 5.61. The van der Waals surface area contributed by atoms with Crippen LogP contribution in [-0.4, -0.2) is 55.1 Å². The highest BCUT2D eigenvalue weighted by molar-refractivity contribution is 5.85. The van der Waals surface area contributed by atoms with Crippen molar-refractivity contribution < 1.29 is 14.3 Å². The number of hydrogen-bond acceptors (Lipinski definition) is 4. The van der Waals surface area contributed by atoms with E-state index in [1.54, 1.807) is 0 Å². The Labute approximate surface area is 173 Å². The molecule has 2 fully saturated rings. The van der Waals surface area contributed by atoms with E-state index in [4.69, 9.17) is 10.5 Å². The summed E-state index contributed by atoms with van der Waals surface area (Å²) in [4.78, 5) is 28.2. The highest BCUT2D eigenvalue weighted by Crippen LogP contribution is 2.29. The molecule has 0 unspecified atom stereocenters. The van der Waals surface area contributed by atoms with Crippen LogP contribution >= 0.6 is 12.4 Å². The Balaban J connectivity index is 0.00000280. The van der Waals surface area contributed by atoms with Crippen molar-refractivity contribution in [1.29, 1.82) is 0 Å². The van der Waals surface area contributed by atoms with E-state index in [0.717, 1.165) is 57.4 Å². The second kappa shape index (κ2) is 10.7. The molecular formula is C21H32ClN3O3. The maximum Gasteiger partial charge on any atom is 0.319 e. The van der Waals surface area contributed by atoms with Gasteiger partial charge < -0.3 is 20.3 Å². The Morgan fingerprint density at radius 2 is 1.54 bits per heavy atom. The third-order valence-corrected chi connectivity index (χ3v) is 6.02. The van der Waals surface area contributed by atoms with Gasteiger partial charge in [-0.05, 0) is 48.6 Å². The van der Waals surface area contributed by atoms with Crippen molar-refractivity contribution in [3.8, 4) is 0 Å². The van der Waals surface area contributed by atoms with Crippen molar-refractivity contribution in [2.75, 3.05) is 33.3 Å². The summed E-state index contributed by atoms with van der Waals surface area (Å²) in [6.45, 7) is 3.67. The van der Waals surface area contributed by atoms with Crippen LogP contribution in [0.1, 0.15) is 49.1 Å². The standard InChI is InChI=1S/C21H31N3O3.ClH/c1-27-20(25)14-16-6-10-23(11-7-16)21(26)24-12-8-19(9-13-24)18-4-2-17(15-22)3-5-18;/h2-5,16,19H,6-15,22H2,1H3;1H. The van der Waals surface area contributed by atoms with E-state index in [9.17, 15) is 9.59 Å². The zero-order chi connectivity index (χ0) is 19.2. The van der Waals surface area contributed by atoms with Crippen LogP contribution in [0.3, 0.4) is 0 Å². The summed E-state index contributed by atoms with van der Waals surface area (Å²) in [5.41, 5.74) is 8.17. The first-order valence-corrected chi connectivity index (χ1v) is 10.00. The van der Waals surface area contributed by atoms with Gasteiger partial charge in [0.25, 0.3) is 0 Å². The van der Waals surface area contributed by atoms with Crippen LogP contribution < -0.4 is 5.73 Å². The minimum absolute atomic E-state index is 0. The first kappa shape index (κ1) is 22.5. The molecule has 2 heterocycles. The molecule has 2 N–H and O–H groups in total. The van der Waals surface area contributed by atoms with Crippen LogP contribution in [-0.2, 0) is 16.1 Å². The molecule has 3 rings (SSSR count). The Morgan fingerprint density at radius 3 is 2.04 bits per heavy atom. The average Bonchev–Trinajstić information content (AvgIpc) is 2.74. The predicted octanol–water partition coefficient (Wildman–Crippen LogP) is 3.14. The molecule has 0 bridgehead atoms. The minimum atomic E-state index is -0.152. The van der Waals surface area contributed by atoms with Crippen LogP contribution in [0.4, 0.5) is 4.79 Å². The highest BCUT2D eigenvalue weighted by atomic mass is 35.5. The van der Waals surface area contributed by atoms with Crippen LogP contribution in [0, 0.1) is 5.92 Å². The predicted molar refractivity (Wildman–Crippen MR) is 111 cm³/mol. The van der Waals surface area contributed by atoms with Gasteiger partial charge >= 0.3 is 12.0 Å². The summed E-state index contributed by atoms with van der Waals surface area (Å²) in [6.07, 6.45) is 4.24. The van der Waals surface area contributed by atoms with Gasteiger partial charge in [0.15, 0.2) is 0 Å². The first-order chi connectivity index (χ1) is 13.1. The summed E-state index contributed by atoms with van der Waals surface area (Å²) < 4.78 is 4.75. The highest BCUT2D eigenvalue weighted by Gasteiger charge is 2.30. The van der Waals surface area contributed by atoms with E-state index in [2.05, 4.69) is 24.3 Å². The lowest BCUT2D eigenvalue weighted by Crippen LogP contribution is -2.49. The number of piperidine rings is 2. The minimum Gasteiger partial charge on any atom is -0.469 e. The second-order valence-electron chi connectivity index (χ2n) is 7.70. The van der Waals surface area contributed by atoms with E-state index in [-0.39, 0.29) is 24.4 Å². The molecule has 2 saturated heterocycles. The smallest absolute Gasteiger partial charge is 0.319 e. The normalized spacial score (nSPS) is 18.5. The van der Waals surface area contributed by atoms with Gasteiger partial charge in [-0.25, -0.2) is 4.79 Å². The summed E-state index contributed by atoms with van der Waals surface area (Å²) in [6, 6.07) is 8.72. The molecule has 6 nitrogen and oxygen atoms in total. The molecule has 2 aliphatic heterocycles. The number of nitrogens with two attached hydrogens (primary N) is 1. The fraction of sp³-hybridized carbons (Fsp3) is 0.619. The molecule has 0 radical (unpaired) electrons. The van der Waals surface area contributed by atoms with Gasteiger partial charge in [-0.15, -0.1) is 12.4 Å². The van der Waals surface area contributed by atoms with Gasteiger partial charge in [-0.3, -0.25) is 4.79 Å². The Hall–Kier alpha value is -1.79. The van der Waals surface area contributed by atoms with E-state index in [1.165, 1.54) is 12.7 Å². The quantitative estimate of drug-likeness (QED) is 0.775. The lowest BCUT2D eigenvalue weighted by Gasteiger charge is -2.38. The zero-order valence-electron chi connectivity index (χ0n) is 16.6. The number of likely N-dealkylation sites (tertiary alicyclic amines) is 2. The first-order valence-electron chi connectivity index (χ1n) is 10.00. The maximum absolute atomic E-state index is 12.8. The Morgan fingerprint density at radius 1 is 1.00 bits per heavy atom. The van der Waals surface area contributed by atoms with Crippen LogP contribution in [0.25, 0.3) is 0 Å². The van der Waals surface area contributed by atoms with E-state index >= 15 is 0 Å². The number of ether oxygens (including phenoxy) is 1. The molecule has 28 heavy (non-hydrogen) atoms. The lowest BCUT2D eigenvalue weighted by molar-refractivity contribution is -0.142. The Kier molecular flexibility index (Phi) is 8.58. The number of carbonyl (C=O) groups excluding carboxylic acids is 2. The second-order valence-corrected chi connectivity index (χ2v) is 7.70. The molecular weight excluding hydrogens is 378 g/mol. The van der Waals surface area contributed by atoms with Gasteiger partial charge in [-0.2, -0.15) is 0 Å². The average molecular weight is 410 g/mol. The number of halogens is 1. The van der Waals surface area contributed by atoms with Gasteiger partial charge in [0.05, 0.1) is 7.11 Å². The lowest BCUT2D eigenvalue weighted by atomic mass is 9.89. The van der Waals surface area contributed by atoms with E-state index < -0.39 is 0 Å². The van der Waals surface area contributed by atoms with E-state index in [1.807, 2.05) is 9.80 Å². The SMILES string of the molecule is COC(=O)CC1CCN(C(=O)N2CCC(c3ccc(CN)cc3)CC2)CC1.Cl. The molecule has 0 aromatic heterocycles. The van der Waals surface area contributed by atoms with Crippen molar-refractivity contribution in [1.82, 2.24) is 9.80 Å². The van der Waals surface area contributed by atoms with Crippen molar-refractivity contribution >= 4 is 24.4 Å². The molecule has 1 aromatic carbocycles. The summed E-state index contributed by atoms with van der Waals surface area (Å²) in [5, 5.41) is 0. The zero-order valence-corrected chi connectivity index (χ0v) is 17.5. The molecule has 0 atom stereocenters. The number of esters is 1. The number of carbonyl (C=O) groups is 2. The van der Waals surface area contributed by atoms with Crippen molar-refractivity contribution in [3.63, 3.8) is 0 Å². The van der Waals surface area contributed by atoms with Gasteiger partial charge in [-0.1, -0.05) is 24.3 Å². The Bertz CT molecular complexity index is 637. The van der Waals surface area contributed by atoms with Crippen molar-refractivity contribution in [3.05, 3.63) is 35.4 Å². The molecule has 0 spiro atoms. The largest absolute Gasteiger partial charge is 0.469 e. The number of nitrogens with zero attached hydrogens (tertiary/aromatic N) is 2. The third-order valence-electron chi connectivity index (χ3n) is 6.02. The van der Waals surface area contributed by atoms with Crippen molar-refractivity contribution in [2.45, 2.75) is 44.6 Å². The van der Waals surface area contributed by atoms with Crippen LogP contribution in [0.5, 0.6) is 0 Å². The number of rotatable bonds is 4. The molecule has 2 amide bonds. The summed E-state index contributed by atoms with van der Waals surface area (Å²) in [7, 11) is 1.43. The van der Waals surface area contributed by atoms with Crippen molar-refractivity contribution in [2.24, 2.45) is 11.7 Å². The van der Waals surface area contributed by atoms with Gasteiger partial charge in [0, 0.05) is 39.1 Å². The number of benzene rings is 1. The molecule has 7 heteroatoms. The fourth-order valence-electron chi connectivity index (χ4n) is 4.18. The molecule has 2 aliphatic rings. The number of hydrogen-bond donors (Lipinski definition) is 1. The van der Waals surface area contributed by atoms with Crippen LogP contribution in [0.15, 0.2) is 24.3 Å². The number of methoxy groups -OCH3 is 1. The number of urea groups is 1. The van der Waals surface area contributed by atoms with Gasteiger partial charge in [0.2, 0.25) is 0 Å². The molecule has 156 valence electrons. The fourth-order valence-corrected chi connectivity index (χ4v) is 4.18.